The zero-order valence-corrected chi connectivity index (χ0v) is 13.1. The van der Waals surface area contributed by atoms with Gasteiger partial charge in [0.25, 0.3) is 0 Å². The summed E-state index contributed by atoms with van der Waals surface area (Å²) in [5, 5.41) is 3.46. The van der Waals surface area contributed by atoms with Crippen LogP contribution in [0.5, 0.6) is 11.5 Å². The molecule has 0 aliphatic rings. The highest BCUT2D eigenvalue weighted by Gasteiger charge is 2.10. The molecule has 0 radical (unpaired) electrons. The lowest BCUT2D eigenvalue weighted by molar-refractivity contribution is 0.109. The average molecular weight is 281 g/mol. The predicted molar refractivity (Wildman–Crippen MR) is 81.7 cm³/mol. The van der Waals surface area contributed by atoms with Crippen LogP contribution in [0, 0.1) is 0 Å². The van der Waals surface area contributed by atoms with Gasteiger partial charge in [0, 0.05) is 12.6 Å². The van der Waals surface area contributed by atoms with Gasteiger partial charge in [-0.25, -0.2) is 0 Å². The van der Waals surface area contributed by atoms with Crippen molar-refractivity contribution in [1.82, 2.24) is 5.32 Å². The van der Waals surface area contributed by atoms with Crippen molar-refractivity contribution in [2.24, 2.45) is 0 Å². The Balaban J connectivity index is 2.64. The Hall–Kier alpha value is -1.26. The molecular weight excluding hydrogens is 254 g/mol. The van der Waals surface area contributed by atoms with E-state index in [1.54, 1.807) is 7.11 Å². The number of benzene rings is 1. The molecule has 4 heteroatoms. The first-order valence-electron chi connectivity index (χ1n) is 7.34. The van der Waals surface area contributed by atoms with Gasteiger partial charge in [0.05, 0.1) is 13.7 Å². The largest absolute Gasteiger partial charge is 0.493 e. The molecule has 1 N–H and O–H groups in total. The monoisotopic (exact) mass is 281 g/mol. The summed E-state index contributed by atoms with van der Waals surface area (Å²) < 4.78 is 16.3. The molecule has 0 fully saturated rings. The third-order valence-electron chi connectivity index (χ3n) is 3.08. The van der Waals surface area contributed by atoms with Gasteiger partial charge in [0.15, 0.2) is 11.5 Å². The Labute approximate surface area is 122 Å². The van der Waals surface area contributed by atoms with Crippen LogP contribution >= 0.6 is 0 Å². The van der Waals surface area contributed by atoms with E-state index in [2.05, 4.69) is 25.2 Å². The lowest BCUT2D eigenvalue weighted by Gasteiger charge is -2.17. The molecule has 0 saturated carbocycles. The summed E-state index contributed by atoms with van der Waals surface area (Å²) in [6.07, 6.45) is 1.13. The van der Waals surface area contributed by atoms with Crippen molar-refractivity contribution in [3.8, 4) is 11.5 Å². The molecule has 1 rings (SSSR count). The summed E-state index contributed by atoms with van der Waals surface area (Å²) in [5.74, 6) is 1.53. The average Bonchev–Trinajstić information content (AvgIpc) is 2.49. The first-order chi connectivity index (χ1) is 9.72. The molecule has 0 saturated heterocycles. The zero-order valence-electron chi connectivity index (χ0n) is 13.1. The molecule has 0 amide bonds. The van der Waals surface area contributed by atoms with E-state index in [9.17, 15) is 0 Å². The van der Waals surface area contributed by atoms with E-state index in [4.69, 9.17) is 14.2 Å². The smallest absolute Gasteiger partial charge is 0.161 e. The molecule has 1 unspecified atom stereocenters. The fraction of sp³-hybridized carbons (Fsp3) is 0.625. The Morgan fingerprint density at radius 2 is 1.95 bits per heavy atom. The lowest BCUT2D eigenvalue weighted by Crippen LogP contribution is -2.19. The Morgan fingerprint density at radius 1 is 1.15 bits per heavy atom. The van der Waals surface area contributed by atoms with Crippen LogP contribution in [-0.4, -0.2) is 33.5 Å². The minimum Gasteiger partial charge on any atom is -0.493 e. The number of rotatable bonds is 10. The van der Waals surface area contributed by atoms with Gasteiger partial charge in [-0.3, -0.25) is 0 Å². The first kappa shape index (κ1) is 16.8. The molecule has 0 bridgehead atoms. The quantitative estimate of drug-likeness (QED) is 0.669. The minimum absolute atomic E-state index is 0.307. The standard InChI is InChI=1S/C16H27NO3/c1-5-9-17-13(3)14-7-8-15(16(12-14)18-4)20-11-10-19-6-2/h7-8,12-13,17H,5-6,9-11H2,1-4H3. The molecule has 20 heavy (non-hydrogen) atoms. The predicted octanol–water partition coefficient (Wildman–Crippen LogP) is 3.17. The van der Waals surface area contributed by atoms with Crippen molar-refractivity contribution in [1.29, 1.82) is 0 Å². The second-order valence-corrected chi connectivity index (χ2v) is 4.63. The first-order valence-corrected chi connectivity index (χ1v) is 7.34. The van der Waals surface area contributed by atoms with Crippen LogP contribution in [0.4, 0.5) is 0 Å². The fourth-order valence-corrected chi connectivity index (χ4v) is 1.91. The molecular formula is C16H27NO3. The minimum atomic E-state index is 0.307. The van der Waals surface area contributed by atoms with Gasteiger partial charge < -0.3 is 19.5 Å². The summed E-state index contributed by atoms with van der Waals surface area (Å²) >= 11 is 0. The third-order valence-corrected chi connectivity index (χ3v) is 3.08. The van der Waals surface area contributed by atoms with Gasteiger partial charge in [0.1, 0.15) is 6.61 Å². The second-order valence-electron chi connectivity index (χ2n) is 4.63. The van der Waals surface area contributed by atoms with Crippen molar-refractivity contribution in [2.75, 3.05) is 33.5 Å². The van der Waals surface area contributed by atoms with Crippen molar-refractivity contribution in [3.63, 3.8) is 0 Å². The van der Waals surface area contributed by atoms with E-state index in [-0.39, 0.29) is 0 Å². The Bertz CT molecular complexity index is 382. The molecule has 1 aromatic rings. The zero-order chi connectivity index (χ0) is 14.8. The number of nitrogens with one attached hydrogen (secondary N) is 1. The van der Waals surface area contributed by atoms with E-state index in [0.29, 0.717) is 25.9 Å². The number of ether oxygens (including phenoxy) is 3. The lowest BCUT2D eigenvalue weighted by atomic mass is 10.1. The van der Waals surface area contributed by atoms with Crippen LogP contribution in [0.1, 0.15) is 38.8 Å². The van der Waals surface area contributed by atoms with Gasteiger partial charge in [-0.15, -0.1) is 0 Å². The van der Waals surface area contributed by atoms with Gasteiger partial charge in [-0.2, -0.15) is 0 Å². The number of hydrogen-bond acceptors (Lipinski definition) is 4. The topological polar surface area (TPSA) is 39.7 Å². The maximum Gasteiger partial charge on any atom is 0.161 e. The highest BCUT2D eigenvalue weighted by atomic mass is 16.5. The molecule has 114 valence electrons. The van der Waals surface area contributed by atoms with Crippen LogP contribution in [-0.2, 0) is 4.74 Å². The van der Waals surface area contributed by atoms with Crippen LogP contribution < -0.4 is 14.8 Å². The van der Waals surface area contributed by atoms with Crippen molar-refractivity contribution in [2.45, 2.75) is 33.2 Å². The van der Waals surface area contributed by atoms with E-state index in [0.717, 1.165) is 24.5 Å². The van der Waals surface area contributed by atoms with Crippen LogP contribution in [0.25, 0.3) is 0 Å². The molecule has 1 aromatic carbocycles. The normalized spacial score (nSPS) is 12.2. The summed E-state index contributed by atoms with van der Waals surface area (Å²) in [7, 11) is 1.67. The SMILES string of the molecule is CCCNC(C)c1ccc(OCCOCC)c(OC)c1. The van der Waals surface area contributed by atoms with E-state index < -0.39 is 0 Å². The van der Waals surface area contributed by atoms with Gasteiger partial charge in [-0.05, 0) is 44.5 Å². The van der Waals surface area contributed by atoms with E-state index >= 15 is 0 Å². The van der Waals surface area contributed by atoms with E-state index in [1.165, 1.54) is 5.56 Å². The van der Waals surface area contributed by atoms with Crippen LogP contribution in [0.2, 0.25) is 0 Å². The molecule has 0 aromatic heterocycles. The summed E-state index contributed by atoms with van der Waals surface area (Å²) in [6, 6.07) is 6.38. The highest BCUT2D eigenvalue weighted by molar-refractivity contribution is 5.43. The number of methoxy groups -OCH3 is 1. The Morgan fingerprint density at radius 3 is 2.60 bits per heavy atom. The molecule has 0 aliphatic heterocycles. The van der Waals surface area contributed by atoms with Gasteiger partial charge >= 0.3 is 0 Å². The summed E-state index contributed by atoms with van der Waals surface area (Å²) in [4.78, 5) is 0. The number of hydrogen-bond donors (Lipinski definition) is 1. The molecule has 0 spiro atoms. The fourth-order valence-electron chi connectivity index (χ4n) is 1.91. The van der Waals surface area contributed by atoms with Crippen molar-refractivity contribution < 1.29 is 14.2 Å². The maximum atomic E-state index is 5.68. The maximum absolute atomic E-state index is 5.68. The summed E-state index contributed by atoms with van der Waals surface area (Å²) in [6.45, 7) is 9.13. The van der Waals surface area contributed by atoms with Crippen molar-refractivity contribution >= 4 is 0 Å². The Kier molecular flexibility index (Phi) is 8.07. The van der Waals surface area contributed by atoms with E-state index in [1.807, 2.05) is 19.1 Å². The van der Waals surface area contributed by atoms with Crippen LogP contribution in [0.15, 0.2) is 18.2 Å². The van der Waals surface area contributed by atoms with Gasteiger partial charge in [0.2, 0.25) is 0 Å². The van der Waals surface area contributed by atoms with Crippen molar-refractivity contribution in [3.05, 3.63) is 23.8 Å². The van der Waals surface area contributed by atoms with Crippen LogP contribution in [0.3, 0.4) is 0 Å². The molecule has 0 aliphatic carbocycles. The molecule has 1 atom stereocenters. The molecule has 0 heterocycles. The highest BCUT2D eigenvalue weighted by Crippen LogP contribution is 2.30. The second kappa shape index (κ2) is 9.61. The molecule has 4 nitrogen and oxygen atoms in total. The third kappa shape index (κ3) is 5.39. The summed E-state index contributed by atoms with van der Waals surface area (Å²) in [5.41, 5.74) is 1.20. The van der Waals surface area contributed by atoms with Gasteiger partial charge in [-0.1, -0.05) is 13.0 Å².